The van der Waals surface area contributed by atoms with Crippen LogP contribution in [-0.2, 0) is 10.0 Å². The minimum absolute atomic E-state index is 0.288. The average Bonchev–Trinajstić information content (AvgIpc) is 2.33. The number of carbonyl (C=O) groups is 1. The summed E-state index contributed by atoms with van der Waals surface area (Å²) < 4.78 is 24.8. The number of benzene rings is 1. The molecule has 0 fully saturated rings. The van der Waals surface area contributed by atoms with Gasteiger partial charge in [0.05, 0.1) is 17.5 Å². The van der Waals surface area contributed by atoms with Crippen LogP contribution in [0.5, 0.6) is 0 Å². The van der Waals surface area contributed by atoms with E-state index in [0.29, 0.717) is 12.1 Å². The standard InChI is InChI=1S/C12H19N3O3S/c1-13-8-5-9-14-12(16)10-6-3-4-7-11(10)15-19(2,17)18/h3-4,6-7,13,15H,5,8-9H2,1-2H3,(H,14,16). The summed E-state index contributed by atoms with van der Waals surface area (Å²) in [6, 6.07) is 6.51. The lowest BCUT2D eigenvalue weighted by Gasteiger charge is -2.10. The van der Waals surface area contributed by atoms with Gasteiger partial charge >= 0.3 is 0 Å². The predicted molar refractivity (Wildman–Crippen MR) is 75.8 cm³/mol. The largest absolute Gasteiger partial charge is 0.352 e. The van der Waals surface area contributed by atoms with E-state index in [-0.39, 0.29) is 11.6 Å². The minimum atomic E-state index is -3.40. The lowest BCUT2D eigenvalue weighted by Crippen LogP contribution is -2.27. The van der Waals surface area contributed by atoms with E-state index in [2.05, 4.69) is 15.4 Å². The fraction of sp³-hybridized carbons (Fsp3) is 0.417. The van der Waals surface area contributed by atoms with Crippen LogP contribution in [0.4, 0.5) is 5.69 Å². The second-order valence-corrected chi connectivity index (χ2v) is 5.88. The summed E-state index contributed by atoms with van der Waals surface area (Å²) in [4.78, 5) is 11.9. The van der Waals surface area contributed by atoms with Crippen molar-refractivity contribution in [3.8, 4) is 0 Å². The molecule has 0 radical (unpaired) electrons. The first-order chi connectivity index (χ1) is 8.94. The fourth-order valence-electron chi connectivity index (χ4n) is 1.53. The highest BCUT2D eigenvalue weighted by atomic mass is 32.2. The van der Waals surface area contributed by atoms with Crippen molar-refractivity contribution in [1.82, 2.24) is 10.6 Å². The number of hydrogen-bond acceptors (Lipinski definition) is 4. The molecule has 1 aromatic rings. The lowest BCUT2D eigenvalue weighted by molar-refractivity contribution is 0.0954. The number of para-hydroxylation sites is 1. The Balaban J connectivity index is 2.74. The zero-order valence-corrected chi connectivity index (χ0v) is 11.9. The van der Waals surface area contributed by atoms with Gasteiger partial charge in [-0.25, -0.2) is 8.42 Å². The molecule has 0 aromatic heterocycles. The minimum Gasteiger partial charge on any atom is -0.352 e. The number of amides is 1. The maximum absolute atomic E-state index is 11.9. The maximum Gasteiger partial charge on any atom is 0.253 e. The van der Waals surface area contributed by atoms with Crippen LogP contribution in [0.2, 0.25) is 0 Å². The summed E-state index contributed by atoms with van der Waals surface area (Å²) in [5.41, 5.74) is 0.605. The molecule has 6 nitrogen and oxygen atoms in total. The van der Waals surface area contributed by atoms with Crippen LogP contribution in [0.1, 0.15) is 16.8 Å². The lowest BCUT2D eigenvalue weighted by atomic mass is 10.1. The molecule has 1 amide bonds. The molecule has 0 bridgehead atoms. The molecule has 106 valence electrons. The molecule has 0 saturated carbocycles. The molecular weight excluding hydrogens is 266 g/mol. The third-order valence-electron chi connectivity index (χ3n) is 2.36. The molecule has 0 heterocycles. The Kier molecular flexibility index (Phi) is 5.78. The van der Waals surface area contributed by atoms with Crippen molar-refractivity contribution in [3.05, 3.63) is 29.8 Å². The summed E-state index contributed by atoms with van der Waals surface area (Å²) in [6.45, 7) is 1.34. The highest BCUT2D eigenvalue weighted by Crippen LogP contribution is 2.15. The molecule has 0 aliphatic rings. The molecular formula is C12H19N3O3S. The van der Waals surface area contributed by atoms with E-state index in [1.165, 1.54) is 0 Å². The molecule has 0 aliphatic heterocycles. The summed E-state index contributed by atoms with van der Waals surface area (Å²) >= 11 is 0. The molecule has 1 aromatic carbocycles. The van der Waals surface area contributed by atoms with Gasteiger partial charge in [-0.1, -0.05) is 12.1 Å². The first kappa shape index (κ1) is 15.5. The van der Waals surface area contributed by atoms with Crippen molar-refractivity contribution < 1.29 is 13.2 Å². The molecule has 3 N–H and O–H groups in total. The van der Waals surface area contributed by atoms with Crippen LogP contribution in [0.15, 0.2) is 24.3 Å². The molecule has 0 atom stereocenters. The molecule has 0 unspecified atom stereocenters. The van der Waals surface area contributed by atoms with Gasteiger partial charge in [-0.2, -0.15) is 0 Å². The molecule has 7 heteroatoms. The monoisotopic (exact) mass is 285 g/mol. The average molecular weight is 285 g/mol. The quantitative estimate of drug-likeness (QED) is 0.633. The van der Waals surface area contributed by atoms with E-state index < -0.39 is 10.0 Å². The van der Waals surface area contributed by atoms with Crippen LogP contribution in [-0.4, -0.2) is 40.7 Å². The zero-order chi connectivity index (χ0) is 14.3. The highest BCUT2D eigenvalue weighted by molar-refractivity contribution is 7.92. The highest BCUT2D eigenvalue weighted by Gasteiger charge is 2.12. The number of anilines is 1. The van der Waals surface area contributed by atoms with Gasteiger partial charge in [0.15, 0.2) is 0 Å². The van der Waals surface area contributed by atoms with Crippen molar-refractivity contribution in [2.24, 2.45) is 0 Å². The van der Waals surface area contributed by atoms with Gasteiger partial charge in [-0.05, 0) is 32.1 Å². The van der Waals surface area contributed by atoms with Crippen LogP contribution >= 0.6 is 0 Å². The van der Waals surface area contributed by atoms with Crippen molar-refractivity contribution >= 4 is 21.6 Å². The van der Waals surface area contributed by atoms with E-state index in [1.807, 2.05) is 7.05 Å². The Morgan fingerprint density at radius 2 is 1.89 bits per heavy atom. The Morgan fingerprint density at radius 3 is 2.53 bits per heavy atom. The van der Waals surface area contributed by atoms with Gasteiger partial charge in [0.25, 0.3) is 5.91 Å². The fourth-order valence-corrected chi connectivity index (χ4v) is 2.11. The Morgan fingerprint density at radius 1 is 1.21 bits per heavy atom. The topological polar surface area (TPSA) is 87.3 Å². The van der Waals surface area contributed by atoms with E-state index in [0.717, 1.165) is 19.2 Å². The third kappa shape index (κ3) is 5.71. The van der Waals surface area contributed by atoms with Gasteiger partial charge in [0, 0.05) is 6.54 Å². The summed E-state index contributed by atoms with van der Waals surface area (Å²) in [5, 5.41) is 5.73. The molecule has 1 rings (SSSR count). The summed E-state index contributed by atoms with van der Waals surface area (Å²) in [6.07, 6.45) is 1.86. The van der Waals surface area contributed by atoms with Crippen molar-refractivity contribution in [3.63, 3.8) is 0 Å². The molecule has 0 saturated heterocycles. The van der Waals surface area contributed by atoms with Gasteiger partial charge in [-0.15, -0.1) is 0 Å². The Hall–Kier alpha value is -1.60. The molecule has 0 aliphatic carbocycles. The van der Waals surface area contributed by atoms with Crippen LogP contribution < -0.4 is 15.4 Å². The molecule has 0 spiro atoms. The first-order valence-electron chi connectivity index (χ1n) is 5.93. The number of hydrogen-bond donors (Lipinski definition) is 3. The van der Waals surface area contributed by atoms with E-state index in [4.69, 9.17) is 0 Å². The molecule has 19 heavy (non-hydrogen) atoms. The van der Waals surface area contributed by atoms with Crippen molar-refractivity contribution in [1.29, 1.82) is 0 Å². The van der Waals surface area contributed by atoms with E-state index >= 15 is 0 Å². The number of nitrogens with one attached hydrogen (secondary N) is 3. The van der Waals surface area contributed by atoms with E-state index in [1.54, 1.807) is 24.3 Å². The summed E-state index contributed by atoms with van der Waals surface area (Å²) in [5.74, 6) is -0.289. The number of carbonyl (C=O) groups excluding carboxylic acids is 1. The maximum atomic E-state index is 11.9. The van der Waals surface area contributed by atoms with Gasteiger partial charge < -0.3 is 10.6 Å². The van der Waals surface area contributed by atoms with Gasteiger partial charge in [0.1, 0.15) is 0 Å². The normalized spacial score (nSPS) is 11.1. The Labute approximate surface area is 113 Å². The Bertz CT molecular complexity index is 529. The second-order valence-electron chi connectivity index (χ2n) is 4.13. The van der Waals surface area contributed by atoms with Gasteiger partial charge in [-0.3, -0.25) is 9.52 Å². The SMILES string of the molecule is CNCCCNC(=O)c1ccccc1NS(C)(=O)=O. The van der Waals surface area contributed by atoms with Crippen LogP contribution in [0.3, 0.4) is 0 Å². The van der Waals surface area contributed by atoms with Crippen LogP contribution in [0.25, 0.3) is 0 Å². The van der Waals surface area contributed by atoms with Crippen LogP contribution in [0, 0.1) is 0 Å². The third-order valence-corrected chi connectivity index (χ3v) is 2.95. The van der Waals surface area contributed by atoms with Gasteiger partial charge in [0.2, 0.25) is 10.0 Å². The van der Waals surface area contributed by atoms with Crippen molar-refractivity contribution in [2.45, 2.75) is 6.42 Å². The smallest absolute Gasteiger partial charge is 0.253 e. The summed E-state index contributed by atoms with van der Waals surface area (Å²) in [7, 11) is -1.56. The number of sulfonamides is 1. The van der Waals surface area contributed by atoms with E-state index in [9.17, 15) is 13.2 Å². The first-order valence-corrected chi connectivity index (χ1v) is 7.83. The van der Waals surface area contributed by atoms with Crippen molar-refractivity contribution in [2.75, 3.05) is 31.1 Å². The number of rotatable bonds is 7. The second kappa shape index (κ2) is 7.10. The zero-order valence-electron chi connectivity index (χ0n) is 11.1. The predicted octanol–water partition coefficient (Wildman–Crippen LogP) is 0.397.